The second kappa shape index (κ2) is 8.16. The van der Waals surface area contributed by atoms with Gasteiger partial charge in [0.05, 0.1) is 36.3 Å². The first-order valence-electron chi connectivity index (χ1n) is 10.5. The van der Waals surface area contributed by atoms with E-state index in [-0.39, 0.29) is 17.8 Å². The molecular formula is C25H24N4O2S. The number of aryl methyl sites for hydroxylation is 1. The van der Waals surface area contributed by atoms with E-state index in [2.05, 4.69) is 39.7 Å². The van der Waals surface area contributed by atoms with Crippen LogP contribution in [-0.2, 0) is 6.54 Å². The molecule has 0 aliphatic carbocycles. The Morgan fingerprint density at radius 1 is 1.09 bits per heavy atom. The number of phenols is 1. The van der Waals surface area contributed by atoms with Gasteiger partial charge in [-0.15, -0.1) is 0 Å². The van der Waals surface area contributed by atoms with Crippen molar-refractivity contribution >= 4 is 17.3 Å². The summed E-state index contributed by atoms with van der Waals surface area (Å²) in [7, 11) is 0. The first-order valence-corrected chi connectivity index (χ1v) is 10.9. The molecule has 1 aliphatic heterocycles. The van der Waals surface area contributed by atoms with Gasteiger partial charge >= 0.3 is 0 Å². The Balaban J connectivity index is 1.64. The van der Waals surface area contributed by atoms with Gasteiger partial charge in [-0.3, -0.25) is 4.98 Å². The molecule has 7 heteroatoms. The topological polar surface area (TPSA) is 66.5 Å². The van der Waals surface area contributed by atoms with E-state index in [0.29, 0.717) is 11.7 Å². The number of nitrogens with one attached hydrogen (secondary N) is 1. The summed E-state index contributed by atoms with van der Waals surface area (Å²) in [6, 6.07) is 19.1. The van der Waals surface area contributed by atoms with E-state index in [0.717, 1.165) is 34.1 Å². The van der Waals surface area contributed by atoms with E-state index in [4.69, 9.17) is 16.6 Å². The quantitative estimate of drug-likeness (QED) is 0.424. The summed E-state index contributed by atoms with van der Waals surface area (Å²) in [5.41, 5.74) is 4.89. The van der Waals surface area contributed by atoms with Crippen molar-refractivity contribution in [3.05, 3.63) is 102 Å². The molecule has 0 amide bonds. The SMILES string of the molecule is Cc1cc([C@@H]2[C@@H](c3ccccn3)NC(=S)N2Cc2ccco2)c(C)n1-c1ccccc1O. The van der Waals surface area contributed by atoms with Crippen molar-refractivity contribution < 1.29 is 9.52 Å². The molecule has 1 fully saturated rings. The van der Waals surface area contributed by atoms with E-state index >= 15 is 0 Å². The predicted molar refractivity (Wildman–Crippen MR) is 127 cm³/mol. The van der Waals surface area contributed by atoms with Crippen LogP contribution in [-0.4, -0.2) is 24.7 Å². The molecule has 3 aromatic heterocycles. The van der Waals surface area contributed by atoms with Gasteiger partial charge in [0.1, 0.15) is 11.5 Å². The molecule has 2 atom stereocenters. The molecule has 0 saturated carbocycles. The molecular weight excluding hydrogens is 420 g/mol. The first-order chi connectivity index (χ1) is 15.5. The predicted octanol–water partition coefficient (Wildman–Crippen LogP) is 4.96. The maximum Gasteiger partial charge on any atom is 0.170 e. The number of hydrogen-bond acceptors (Lipinski definition) is 4. The van der Waals surface area contributed by atoms with Crippen LogP contribution in [0.15, 0.2) is 77.5 Å². The zero-order valence-electron chi connectivity index (χ0n) is 17.9. The van der Waals surface area contributed by atoms with Crippen LogP contribution in [0.3, 0.4) is 0 Å². The molecule has 162 valence electrons. The molecule has 6 nitrogen and oxygen atoms in total. The fourth-order valence-corrected chi connectivity index (χ4v) is 4.90. The first kappa shape index (κ1) is 20.3. The number of pyridine rings is 1. The van der Waals surface area contributed by atoms with Crippen LogP contribution in [0.25, 0.3) is 5.69 Å². The summed E-state index contributed by atoms with van der Waals surface area (Å²) < 4.78 is 7.72. The number of nitrogens with zero attached hydrogens (tertiary/aromatic N) is 3. The normalized spacial score (nSPS) is 18.2. The molecule has 5 rings (SSSR count). The fraction of sp³-hybridized carbons (Fsp3) is 0.200. The lowest BCUT2D eigenvalue weighted by Gasteiger charge is -2.27. The number of aromatic hydroxyl groups is 1. The second-order valence-corrected chi connectivity index (χ2v) is 8.37. The molecule has 4 aromatic rings. The van der Waals surface area contributed by atoms with Crippen molar-refractivity contribution in [2.24, 2.45) is 0 Å². The van der Waals surface area contributed by atoms with Gasteiger partial charge in [-0.25, -0.2) is 0 Å². The van der Waals surface area contributed by atoms with Crippen LogP contribution in [0, 0.1) is 13.8 Å². The third-order valence-electron chi connectivity index (χ3n) is 6.02. The number of benzene rings is 1. The second-order valence-electron chi connectivity index (χ2n) is 7.98. The Kier molecular flexibility index (Phi) is 5.19. The lowest BCUT2D eigenvalue weighted by atomic mass is 9.96. The van der Waals surface area contributed by atoms with Gasteiger partial charge in [0.15, 0.2) is 5.11 Å². The number of furan rings is 1. The van der Waals surface area contributed by atoms with E-state index in [9.17, 15) is 5.11 Å². The maximum atomic E-state index is 10.5. The smallest absolute Gasteiger partial charge is 0.170 e. The van der Waals surface area contributed by atoms with Crippen LogP contribution >= 0.6 is 12.2 Å². The Morgan fingerprint density at radius 2 is 1.91 bits per heavy atom. The number of para-hydroxylation sites is 2. The molecule has 1 aliphatic rings. The third kappa shape index (κ3) is 3.44. The molecule has 0 spiro atoms. The van der Waals surface area contributed by atoms with Crippen LogP contribution in [0.5, 0.6) is 5.75 Å². The van der Waals surface area contributed by atoms with E-state index in [1.54, 1.807) is 18.5 Å². The molecule has 32 heavy (non-hydrogen) atoms. The van der Waals surface area contributed by atoms with Crippen molar-refractivity contribution in [2.45, 2.75) is 32.5 Å². The largest absolute Gasteiger partial charge is 0.506 e. The minimum absolute atomic E-state index is 0.0895. The Bertz CT molecular complexity index is 1250. The number of phenolic OH excluding ortho intramolecular Hbond substituents is 1. The van der Waals surface area contributed by atoms with Crippen LogP contribution < -0.4 is 5.32 Å². The molecule has 0 unspecified atom stereocenters. The summed E-state index contributed by atoms with van der Waals surface area (Å²) in [5, 5.41) is 14.6. The highest BCUT2D eigenvalue weighted by Gasteiger charge is 2.41. The van der Waals surface area contributed by atoms with Crippen LogP contribution in [0.2, 0.25) is 0 Å². The average Bonchev–Trinajstić information content (AvgIpc) is 3.49. The molecule has 1 aromatic carbocycles. The highest BCUT2D eigenvalue weighted by atomic mass is 32.1. The third-order valence-corrected chi connectivity index (χ3v) is 6.37. The fourth-order valence-electron chi connectivity index (χ4n) is 4.60. The number of rotatable bonds is 5. The van der Waals surface area contributed by atoms with Gasteiger partial charge in [-0.05, 0) is 74.1 Å². The lowest BCUT2D eigenvalue weighted by molar-refractivity contribution is 0.286. The van der Waals surface area contributed by atoms with Gasteiger partial charge < -0.3 is 24.3 Å². The Labute approximate surface area is 192 Å². The number of aromatic nitrogens is 2. The molecule has 4 heterocycles. The summed E-state index contributed by atoms with van der Waals surface area (Å²) in [5.74, 6) is 1.09. The maximum absolute atomic E-state index is 10.5. The summed E-state index contributed by atoms with van der Waals surface area (Å²) in [4.78, 5) is 6.77. The van der Waals surface area contributed by atoms with Crippen molar-refractivity contribution in [3.63, 3.8) is 0 Å². The molecule has 0 bridgehead atoms. The van der Waals surface area contributed by atoms with Crippen molar-refractivity contribution in [3.8, 4) is 11.4 Å². The minimum atomic E-state index is -0.114. The molecule has 0 radical (unpaired) electrons. The highest BCUT2D eigenvalue weighted by Crippen LogP contribution is 2.42. The van der Waals surface area contributed by atoms with Gasteiger partial charge in [0.25, 0.3) is 0 Å². The summed E-state index contributed by atoms with van der Waals surface area (Å²) >= 11 is 5.76. The minimum Gasteiger partial charge on any atom is -0.506 e. The van der Waals surface area contributed by atoms with Crippen LogP contribution in [0.4, 0.5) is 0 Å². The Hall–Kier alpha value is -3.58. The Morgan fingerprint density at radius 3 is 2.62 bits per heavy atom. The van der Waals surface area contributed by atoms with Gasteiger partial charge in [0, 0.05) is 17.6 Å². The number of thiocarbonyl (C=S) groups is 1. The zero-order valence-corrected chi connectivity index (χ0v) is 18.7. The van der Waals surface area contributed by atoms with Crippen LogP contribution in [0.1, 0.15) is 40.5 Å². The van der Waals surface area contributed by atoms with E-state index < -0.39 is 0 Å². The standard InChI is InChI=1S/C25H24N4O2S/c1-16-14-19(17(2)29(16)21-10-3-4-11-22(21)30)24-23(20-9-5-6-12-26-20)27-25(32)28(24)15-18-8-7-13-31-18/h3-14,23-24,30H,15H2,1-2H3,(H,27,32)/t23-,24-/m1/s1. The average molecular weight is 445 g/mol. The molecule has 2 N–H and O–H groups in total. The van der Waals surface area contributed by atoms with Gasteiger partial charge in [-0.2, -0.15) is 0 Å². The monoisotopic (exact) mass is 444 g/mol. The summed E-state index contributed by atoms with van der Waals surface area (Å²) in [6.07, 6.45) is 3.48. The summed E-state index contributed by atoms with van der Waals surface area (Å²) in [6.45, 7) is 4.68. The van der Waals surface area contributed by atoms with Gasteiger partial charge in [-0.1, -0.05) is 18.2 Å². The van der Waals surface area contributed by atoms with Gasteiger partial charge in [0.2, 0.25) is 0 Å². The zero-order chi connectivity index (χ0) is 22.2. The van der Waals surface area contributed by atoms with Crippen molar-refractivity contribution in [1.29, 1.82) is 0 Å². The molecule has 1 saturated heterocycles. The number of hydrogen-bond donors (Lipinski definition) is 2. The van der Waals surface area contributed by atoms with Crippen molar-refractivity contribution in [1.82, 2.24) is 19.8 Å². The van der Waals surface area contributed by atoms with Crippen molar-refractivity contribution in [2.75, 3.05) is 0 Å². The lowest BCUT2D eigenvalue weighted by Crippen LogP contribution is -2.29. The van der Waals surface area contributed by atoms with E-state index in [1.807, 2.05) is 48.5 Å². The highest BCUT2D eigenvalue weighted by molar-refractivity contribution is 7.80. The van der Waals surface area contributed by atoms with E-state index in [1.165, 1.54) is 0 Å².